The minimum atomic E-state index is -1.94. The van der Waals surface area contributed by atoms with Gasteiger partial charge < -0.3 is 4.74 Å². The van der Waals surface area contributed by atoms with E-state index in [0.29, 0.717) is 0 Å². The van der Waals surface area contributed by atoms with Crippen molar-refractivity contribution in [2.24, 2.45) is 0 Å². The second-order valence-electron chi connectivity index (χ2n) is 7.98. The molecule has 1 N–H and O–H groups in total. The standard InChI is InChI=1S/C25H21NPSe.C4H8O/c28-27(23-17-9-3-10-18-23,24-19-11-4-12-20-24)26-25(21-13-5-1-6-14-21)22-15-7-2-8-16-22;1-2-4-5-3-1/h1-20,25H;1-4H2/q-1;/p+1. The third kappa shape index (κ3) is 6.34. The summed E-state index contributed by atoms with van der Waals surface area (Å²) in [6, 6.07) is 43.0. The molecule has 0 unspecified atom stereocenters. The van der Waals surface area contributed by atoms with Gasteiger partial charge in [0.25, 0.3) is 0 Å². The van der Waals surface area contributed by atoms with Crippen molar-refractivity contribution in [1.82, 2.24) is 0 Å². The first-order valence-corrected chi connectivity index (χ1v) is 15.4. The topological polar surface area (TPSA) is 23.2 Å². The molecule has 4 heteroatoms. The van der Waals surface area contributed by atoms with Gasteiger partial charge in [-0.15, -0.1) is 0 Å². The van der Waals surface area contributed by atoms with Gasteiger partial charge >= 0.3 is 175 Å². The molecule has 0 bridgehead atoms. The summed E-state index contributed by atoms with van der Waals surface area (Å²) in [6.07, 6.45) is 2.56. The van der Waals surface area contributed by atoms with E-state index in [1.807, 2.05) is 0 Å². The Morgan fingerprint density at radius 2 is 0.939 bits per heavy atom. The molecule has 0 amide bonds. The molecule has 168 valence electrons. The van der Waals surface area contributed by atoms with E-state index < -0.39 is 5.74 Å². The van der Waals surface area contributed by atoms with E-state index in [4.69, 9.17) is 4.74 Å². The average Bonchev–Trinajstić information content (AvgIpc) is 3.50. The summed E-state index contributed by atoms with van der Waals surface area (Å²) < 4.78 is 9.00. The fraction of sp³-hybridized carbons (Fsp3) is 0.172. The first-order chi connectivity index (χ1) is 16.3. The number of hydrogen-bond acceptors (Lipinski definition) is 1. The molecule has 1 fully saturated rings. The average molecular weight is 518 g/mol. The number of rotatable bonds is 5. The van der Waals surface area contributed by atoms with Crippen LogP contribution in [-0.2, 0) is 4.74 Å². The molecule has 0 aromatic heterocycles. The van der Waals surface area contributed by atoms with Crippen molar-refractivity contribution >= 4 is 31.9 Å². The van der Waals surface area contributed by atoms with Gasteiger partial charge in [-0.2, -0.15) is 0 Å². The second kappa shape index (κ2) is 12.2. The van der Waals surface area contributed by atoms with E-state index in [9.17, 15) is 0 Å². The SMILES string of the molecule is C1CCOC1.[Se-]P(=[NH+]C(c1ccccc1)c1ccccc1)(c1ccccc1)c1ccccc1. The maximum atomic E-state index is 4.94. The van der Waals surface area contributed by atoms with E-state index in [1.54, 1.807) is 0 Å². The van der Waals surface area contributed by atoms with Gasteiger partial charge in [-0.3, -0.25) is 0 Å². The van der Waals surface area contributed by atoms with E-state index >= 15 is 0 Å². The Morgan fingerprint density at radius 1 is 0.576 bits per heavy atom. The minimum absolute atomic E-state index is 0.0948. The quantitative estimate of drug-likeness (QED) is 0.303. The monoisotopic (exact) mass is 519 g/mol. The van der Waals surface area contributed by atoms with Crippen LogP contribution in [0.25, 0.3) is 0 Å². The van der Waals surface area contributed by atoms with Crippen molar-refractivity contribution in [3.8, 4) is 0 Å². The fourth-order valence-electron chi connectivity index (χ4n) is 3.90. The van der Waals surface area contributed by atoms with Crippen LogP contribution in [0.5, 0.6) is 0 Å². The summed E-state index contributed by atoms with van der Waals surface area (Å²) in [4.78, 5) is 0. The third-order valence-electron chi connectivity index (χ3n) is 5.64. The summed E-state index contributed by atoms with van der Waals surface area (Å²) in [5.41, 5.74) is 2.53. The van der Waals surface area contributed by atoms with E-state index in [0.717, 1.165) is 13.2 Å². The van der Waals surface area contributed by atoms with Crippen LogP contribution < -0.4 is 15.4 Å². The maximum absolute atomic E-state index is 4.94. The van der Waals surface area contributed by atoms with Crippen LogP contribution in [0.3, 0.4) is 0 Å². The Balaban J connectivity index is 0.000000459. The molecule has 4 aromatic carbocycles. The molecule has 0 saturated carbocycles. The van der Waals surface area contributed by atoms with Crippen LogP contribution in [0.15, 0.2) is 121 Å². The number of hydrogen-bond donors (Lipinski definition) is 1. The van der Waals surface area contributed by atoms with E-state index in [-0.39, 0.29) is 6.04 Å². The van der Waals surface area contributed by atoms with Crippen molar-refractivity contribution in [2.45, 2.75) is 18.9 Å². The number of benzene rings is 4. The Morgan fingerprint density at radius 3 is 1.27 bits per heavy atom. The molecule has 0 atom stereocenters. The van der Waals surface area contributed by atoms with Crippen LogP contribution in [0.1, 0.15) is 30.0 Å². The van der Waals surface area contributed by atoms with E-state index in [1.165, 1.54) is 34.6 Å². The van der Waals surface area contributed by atoms with Gasteiger partial charge in [0.05, 0.1) is 0 Å². The summed E-state index contributed by atoms with van der Waals surface area (Å²) in [6.45, 7) is 2.00. The van der Waals surface area contributed by atoms with Crippen LogP contribution in [-0.4, -0.2) is 28.8 Å². The molecule has 0 spiro atoms. The summed E-state index contributed by atoms with van der Waals surface area (Å²) >= 11 is 3.59. The molecule has 5 rings (SSSR count). The third-order valence-corrected chi connectivity index (χ3v) is 11.6. The molecule has 1 aliphatic rings. The Hall–Kier alpha value is -2.41. The predicted molar refractivity (Wildman–Crippen MR) is 141 cm³/mol. The summed E-state index contributed by atoms with van der Waals surface area (Å²) in [5.74, 6) is -1.94. The van der Waals surface area contributed by atoms with Gasteiger partial charge in [0.15, 0.2) is 0 Å². The first kappa shape index (κ1) is 23.7. The van der Waals surface area contributed by atoms with Crippen molar-refractivity contribution in [2.75, 3.05) is 13.2 Å². The van der Waals surface area contributed by atoms with Crippen molar-refractivity contribution in [3.05, 3.63) is 132 Å². The molecular formula is C29H30NOPSe. The Kier molecular flexibility index (Phi) is 8.75. The zero-order valence-corrected chi connectivity index (χ0v) is 21.3. The molecular weight excluding hydrogens is 488 g/mol. The summed E-state index contributed by atoms with van der Waals surface area (Å²) in [7, 11) is 0. The molecule has 2 nitrogen and oxygen atoms in total. The van der Waals surface area contributed by atoms with Crippen LogP contribution >= 0.6 is 5.74 Å². The molecule has 0 aliphatic carbocycles. The molecule has 4 aromatic rings. The van der Waals surface area contributed by atoms with Gasteiger partial charge in [0.2, 0.25) is 0 Å². The summed E-state index contributed by atoms with van der Waals surface area (Å²) in [5, 5.41) is 2.61. The Bertz CT molecular complexity index is 1060. The van der Waals surface area contributed by atoms with Crippen LogP contribution in [0.4, 0.5) is 0 Å². The van der Waals surface area contributed by atoms with Crippen molar-refractivity contribution < 1.29 is 9.48 Å². The van der Waals surface area contributed by atoms with Gasteiger partial charge in [0, 0.05) is 13.2 Å². The normalized spacial score (nSPS) is 13.3. The van der Waals surface area contributed by atoms with Gasteiger partial charge in [-0.25, -0.2) is 0 Å². The Labute approximate surface area is 205 Å². The van der Waals surface area contributed by atoms with Gasteiger partial charge in [0.1, 0.15) is 0 Å². The fourth-order valence-corrected chi connectivity index (χ4v) is 8.54. The zero-order chi connectivity index (χ0) is 22.8. The number of ether oxygens (including phenoxy) is 1. The van der Waals surface area contributed by atoms with Crippen LogP contribution in [0, 0.1) is 0 Å². The molecule has 0 radical (unpaired) electrons. The first-order valence-electron chi connectivity index (χ1n) is 11.4. The number of nitrogens with one attached hydrogen (secondary N) is 1. The van der Waals surface area contributed by atoms with Crippen molar-refractivity contribution in [3.63, 3.8) is 0 Å². The molecule has 33 heavy (non-hydrogen) atoms. The van der Waals surface area contributed by atoms with Gasteiger partial charge in [-0.05, 0) is 12.8 Å². The molecule has 1 aliphatic heterocycles. The predicted octanol–water partition coefficient (Wildman–Crippen LogP) is 4.59. The van der Waals surface area contributed by atoms with Gasteiger partial charge in [-0.1, -0.05) is 0 Å². The zero-order valence-electron chi connectivity index (χ0n) is 18.7. The van der Waals surface area contributed by atoms with Crippen molar-refractivity contribution in [1.29, 1.82) is 0 Å². The molecule has 1 saturated heterocycles. The molecule has 1 heterocycles. The van der Waals surface area contributed by atoms with E-state index in [2.05, 4.69) is 142 Å². The second-order valence-corrected chi connectivity index (χ2v) is 13.9. The van der Waals surface area contributed by atoms with Crippen LogP contribution in [0.2, 0.25) is 0 Å².